The zero-order chi connectivity index (χ0) is 9.42. The van der Waals surface area contributed by atoms with Crippen molar-refractivity contribution in [1.82, 2.24) is 0 Å². The summed E-state index contributed by atoms with van der Waals surface area (Å²) in [6.07, 6.45) is 0. The van der Waals surface area contributed by atoms with Gasteiger partial charge in [0.15, 0.2) is 0 Å². The smallest absolute Gasteiger partial charge is 0.121 e. The molecule has 1 aromatic carbocycles. The number of fused-ring (bicyclic) bond motifs is 1. The van der Waals surface area contributed by atoms with Gasteiger partial charge in [-0.2, -0.15) is 0 Å². The van der Waals surface area contributed by atoms with Crippen molar-refractivity contribution >= 4 is 33.0 Å². The van der Waals surface area contributed by atoms with E-state index < -0.39 is 0 Å². The lowest BCUT2D eigenvalue weighted by molar-refractivity contribution is 0.415. The van der Waals surface area contributed by atoms with Crippen LogP contribution in [0.2, 0.25) is 5.02 Å². The quantitative estimate of drug-likeness (QED) is 0.697. The van der Waals surface area contributed by atoms with Crippen molar-refractivity contribution in [2.75, 3.05) is 7.11 Å². The molecule has 0 radical (unpaired) electrons. The average molecular weight is 213 g/mol. The molecule has 0 bridgehead atoms. The molecule has 0 N–H and O–H groups in total. The van der Waals surface area contributed by atoms with Gasteiger partial charge in [0, 0.05) is 10.1 Å². The van der Waals surface area contributed by atoms with E-state index in [-0.39, 0.29) is 0 Å². The fourth-order valence-corrected chi connectivity index (χ4v) is 2.77. The molecule has 68 valence electrons. The fraction of sp³-hybridized carbons (Fsp3) is 0.200. The van der Waals surface area contributed by atoms with Gasteiger partial charge >= 0.3 is 0 Å². The molecule has 0 spiro atoms. The van der Waals surface area contributed by atoms with E-state index in [1.165, 1.54) is 10.3 Å². The summed E-state index contributed by atoms with van der Waals surface area (Å²) in [7, 11) is 1.65. The number of benzene rings is 1. The maximum atomic E-state index is 6.11. The van der Waals surface area contributed by atoms with E-state index in [1.54, 1.807) is 18.4 Å². The Morgan fingerprint density at radius 3 is 2.85 bits per heavy atom. The molecule has 0 aliphatic carbocycles. The predicted octanol–water partition coefficient (Wildman–Crippen LogP) is 3.87. The number of methoxy groups -OCH3 is 1. The maximum Gasteiger partial charge on any atom is 0.121 e. The monoisotopic (exact) mass is 212 g/mol. The van der Waals surface area contributed by atoms with E-state index in [9.17, 15) is 0 Å². The molecule has 0 saturated heterocycles. The Hall–Kier alpha value is -0.730. The number of ether oxygens (including phenoxy) is 1. The van der Waals surface area contributed by atoms with Gasteiger partial charge in [-0.25, -0.2) is 0 Å². The Kier molecular flexibility index (Phi) is 2.18. The summed E-state index contributed by atoms with van der Waals surface area (Å²) >= 11 is 7.81. The number of rotatable bonds is 1. The molecule has 0 unspecified atom stereocenters. The molecule has 0 saturated carbocycles. The number of thiophene rings is 1. The van der Waals surface area contributed by atoms with Crippen LogP contribution in [-0.2, 0) is 0 Å². The normalized spacial score (nSPS) is 10.7. The minimum Gasteiger partial charge on any atom is -0.497 e. The van der Waals surface area contributed by atoms with Crippen LogP contribution in [0.5, 0.6) is 5.75 Å². The molecule has 1 nitrogen and oxygen atoms in total. The van der Waals surface area contributed by atoms with Crippen molar-refractivity contribution in [2.24, 2.45) is 0 Å². The summed E-state index contributed by atoms with van der Waals surface area (Å²) in [5.74, 6) is 0.819. The third-order valence-corrected chi connectivity index (χ3v) is 3.37. The number of hydrogen-bond donors (Lipinski definition) is 0. The lowest BCUT2D eigenvalue weighted by Gasteiger charge is -2.01. The fourth-order valence-electron chi connectivity index (χ4n) is 1.36. The summed E-state index contributed by atoms with van der Waals surface area (Å²) in [6.45, 7) is 2.07. The van der Waals surface area contributed by atoms with Crippen molar-refractivity contribution in [3.05, 3.63) is 28.1 Å². The predicted molar refractivity (Wildman–Crippen MR) is 58.1 cm³/mol. The van der Waals surface area contributed by atoms with Crippen molar-refractivity contribution in [3.63, 3.8) is 0 Å². The van der Waals surface area contributed by atoms with E-state index in [4.69, 9.17) is 16.3 Å². The van der Waals surface area contributed by atoms with Gasteiger partial charge in [-0.15, -0.1) is 11.3 Å². The van der Waals surface area contributed by atoms with Crippen molar-refractivity contribution in [3.8, 4) is 5.75 Å². The topological polar surface area (TPSA) is 9.23 Å². The van der Waals surface area contributed by atoms with Crippen LogP contribution in [0.3, 0.4) is 0 Å². The van der Waals surface area contributed by atoms with Crippen LogP contribution < -0.4 is 4.74 Å². The minimum atomic E-state index is 0.771. The highest BCUT2D eigenvalue weighted by molar-refractivity contribution is 7.17. The Labute approximate surface area is 85.9 Å². The van der Waals surface area contributed by atoms with Crippen molar-refractivity contribution < 1.29 is 4.74 Å². The first-order valence-electron chi connectivity index (χ1n) is 3.93. The highest BCUT2D eigenvalue weighted by atomic mass is 35.5. The summed E-state index contributed by atoms with van der Waals surface area (Å²) in [5, 5.41) is 4.02. The lowest BCUT2D eigenvalue weighted by Crippen LogP contribution is -1.81. The summed E-state index contributed by atoms with van der Waals surface area (Å²) in [6, 6.07) is 3.86. The van der Waals surface area contributed by atoms with E-state index in [0.29, 0.717) is 0 Å². The van der Waals surface area contributed by atoms with Crippen molar-refractivity contribution in [1.29, 1.82) is 0 Å². The zero-order valence-corrected chi connectivity index (χ0v) is 9.00. The molecule has 0 aliphatic rings. The first-order valence-corrected chi connectivity index (χ1v) is 5.19. The molecule has 2 aromatic rings. The number of hydrogen-bond acceptors (Lipinski definition) is 2. The largest absolute Gasteiger partial charge is 0.497 e. The van der Waals surface area contributed by atoms with Crippen LogP contribution in [0.15, 0.2) is 17.5 Å². The Balaban J connectivity index is 2.79. The highest BCUT2D eigenvalue weighted by Gasteiger charge is 2.06. The number of halogens is 1. The van der Waals surface area contributed by atoms with Crippen LogP contribution in [0.1, 0.15) is 5.56 Å². The molecule has 0 atom stereocenters. The molecule has 3 heteroatoms. The van der Waals surface area contributed by atoms with Crippen LogP contribution in [-0.4, -0.2) is 7.11 Å². The summed E-state index contributed by atoms with van der Waals surface area (Å²) < 4.78 is 6.32. The van der Waals surface area contributed by atoms with E-state index in [0.717, 1.165) is 16.2 Å². The first-order chi connectivity index (χ1) is 6.22. The van der Waals surface area contributed by atoms with Gasteiger partial charge in [0.05, 0.1) is 12.1 Å². The standard InChI is InChI=1S/C10H9ClOS/c1-6-5-13-9-4-7(12-2)3-8(11)10(6)9/h3-5H,1-2H3. The van der Waals surface area contributed by atoms with Gasteiger partial charge in [-0.05, 0) is 30.0 Å². The second-order valence-corrected chi connectivity index (χ2v) is 4.22. The minimum absolute atomic E-state index is 0.771. The van der Waals surface area contributed by atoms with E-state index >= 15 is 0 Å². The van der Waals surface area contributed by atoms with E-state index in [2.05, 4.69) is 12.3 Å². The Morgan fingerprint density at radius 1 is 1.38 bits per heavy atom. The number of aryl methyl sites for hydroxylation is 1. The van der Waals surface area contributed by atoms with Crippen LogP contribution >= 0.6 is 22.9 Å². The molecule has 1 aromatic heterocycles. The van der Waals surface area contributed by atoms with Crippen molar-refractivity contribution in [2.45, 2.75) is 6.92 Å². The Bertz CT molecular complexity index is 447. The SMILES string of the molecule is COc1cc(Cl)c2c(C)csc2c1. The molecule has 1 heterocycles. The first kappa shape index (κ1) is 8.85. The van der Waals surface area contributed by atoms with Crippen LogP contribution in [0.25, 0.3) is 10.1 Å². The van der Waals surface area contributed by atoms with Gasteiger partial charge in [0.1, 0.15) is 5.75 Å². The average Bonchev–Trinajstić information content (AvgIpc) is 2.48. The van der Waals surface area contributed by atoms with Gasteiger partial charge in [-0.1, -0.05) is 11.6 Å². The lowest BCUT2D eigenvalue weighted by atomic mass is 10.2. The molecule has 0 aliphatic heterocycles. The van der Waals surface area contributed by atoms with Gasteiger partial charge in [-0.3, -0.25) is 0 Å². The second kappa shape index (κ2) is 3.20. The summed E-state index contributed by atoms with van der Waals surface area (Å²) in [4.78, 5) is 0. The van der Waals surface area contributed by atoms with Crippen LogP contribution in [0, 0.1) is 6.92 Å². The van der Waals surface area contributed by atoms with Gasteiger partial charge in [0.2, 0.25) is 0 Å². The maximum absolute atomic E-state index is 6.11. The van der Waals surface area contributed by atoms with Crippen LogP contribution in [0.4, 0.5) is 0 Å². The molecular formula is C10H9ClOS. The highest BCUT2D eigenvalue weighted by Crippen LogP contribution is 2.35. The molecule has 0 fully saturated rings. The van der Waals surface area contributed by atoms with E-state index in [1.807, 2.05) is 12.1 Å². The zero-order valence-electron chi connectivity index (χ0n) is 7.43. The molecule has 2 rings (SSSR count). The van der Waals surface area contributed by atoms with Gasteiger partial charge in [0.25, 0.3) is 0 Å². The molecule has 13 heavy (non-hydrogen) atoms. The Morgan fingerprint density at radius 2 is 2.15 bits per heavy atom. The third-order valence-electron chi connectivity index (χ3n) is 2.02. The second-order valence-electron chi connectivity index (χ2n) is 2.90. The molecular weight excluding hydrogens is 204 g/mol. The third kappa shape index (κ3) is 1.40. The molecule has 0 amide bonds. The summed E-state index contributed by atoms with van der Waals surface area (Å²) in [5.41, 5.74) is 1.23. The van der Waals surface area contributed by atoms with Gasteiger partial charge < -0.3 is 4.74 Å².